The van der Waals surface area contributed by atoms with E-state index in [0.717, 1.165) is 0 Å². The zero-order valence-electron chi connectivity index (χ0n) is 21.1. The van der Waals surface area contributed by atoms with Gasteiger partial charge in [0.25, 0.3) is 0 Å². The van der Waals surface area contributed by atoms with E-state index in [2.05, 4.69) is 63.3 Å². The molecule has 0 spiro atoms. The summed E-state index contributed by atoms with van der Waals surface area (Å²) < 4.78 is 38.2. The minimum absolute atomic E-state index is 0.00117. The number of morpholine rings is 1. The average Bonchev–Trinajstić information content (AvgIpc) is 3.53. The lowest BCUT2D eigenvalue weighted by Crippen LogP contribution is -2.48. The first-order valence-corrected chi connectivity index (χ1v) is 16.3. The Bertz CT molecular complexity index is 916. The topological polar surface area (TPSA) is 81.6 Å². The Morgan fingerprint density at radius 3 is 2.30 bits per heavy atom. The molecule has 1 atom stereocenters. The van der Waals surface area contributed by atoms with Crippen LogP contribution in [0.2, 0.25) is 21.9 Å². The van der Waals surface area contributed by atoms with Crippen LogP contribution in [0.3, 0.4) is 0 Å². The summed E-state index contributed by atoms with van der Waals surface area (Å²) in [6.45, 7) is 17.4. The fraction of sp³-hybridized carbons (Fsp3) is 0.826. The van der Waals surface area contributed by atoms with Crippen LogP contribution in [-0.2, 0) is 23.7 Å². The van der Waals surface area contributed by atoms with Crippen LogP contribution in [0.4, 0.5) is 5.82 Å². The number of sulfone groups is 1. The molecule has 0 radical (unpaired) electrons. The quantitative estimate of drug-likeness (QED) is 0.320. The Hall–Kier alpha value is -0.743. The molecule has 7 nitrogen and oxygen atoms in total. The van der Waals surface area contributed by atoms with Crippen LogP contribution in [0.15, 0.2) is 6.07 Å². The Labute approximate surface area is 205 Å². The molecule has 1 saturated heterocycles. The van der Waals surface area contributed by atoms with Gasteiger partial charge in [-0.3, -0.25) is 0 Å². The Morgan fingerprint density at radius 2 is 1.79 bits per heavy atom. The molecular formula is C23H40ClN3O4SSi. The molecule has 3 rings (SSSR count). The summed E-state index contributed by atoms with van der Waals surface area (Å²) in [4.78, 5) is 10.9. The minimum atomic E-state index is -3.47. The molecule has 1 aliphatic heterocycles. The summed E-state index contributed by atoms with van der Waals surface area (Å²) in [5.41, 5.74) is 1.74. The zero-order valence-corrected chi connectivity index (χ0v) is 23.7. The van der Waals surface area contributed by atoms with Gasteiger partial charge in [-0.1, -0.05) is 41.5 Å². The van der Waals surface area contributed by atoms with Crippen molar-refractivity contribution in [2.24, 2.45) is 0 Å². The van der Waals surface area contributed by atoms with Crippen molar-refractivity contribution < 1.29 is 17.6 Å². The van der Waals surface area contributed by atoms with Crippen molar-refractivity contribution in [3.05, 3.63) is 17.0 Å². The number of aromatic nitrogens is 2. The van der Waals surface area contributed by atoms with Crippen molar-refractivity contribution in [1.29, 1.82) is 0 Å². The molecule has 1 aliphatic carbocycles. The Balaban J connectivity index is 1.81. The number of nitrogens with zero attached hydrogens (tertiary/aromatic N) is 3. The molecule has 1 saturated carbocycles. The van der Waals surface area contributed by atoms with Crippen LogP contribution in [-0.4, -0.2) is 64.9 Å². The van der Waals surface area contributed by atoms with Crippen molar-refractivity contribution in [1.82, 2.24) is 9.97 Å². The van der Waals surface area contributed by atoms with Gasteiger partial charge in [0.1, 0.15) is 10.6 Å². The van der Waals surface area contributed by atoms with Gasteiger partial charge in [0, 0.05) is 19.2 Å². The van der Waals surface area contributed by atoms with E-state index >= 15 is 0 Å². The molecule has 0 unspecified atom stereocenters. The van der Waals surface area contributed by atoms with E-state index < -0.39 is 22.9 Å². The predicted molar refractivity (Wildman–Crippen MR) is 136 cm³/mol. The van der Waals surface area contributed by atoms with Gasteiger partial charge in [0.2, 0.25) is 5.28 Å². The molecule has 2 aliphatic rings. The van der Waals surface area contributed by atoms with Crippen molar-refractivity contribution >= 4 is 35.6 Å². The third-order valence-electron chi connectivity index (χ3n) is 7.52. The van der Waals surface area contributed by atoms with Gasteiger partial charge in [-0.15, -0.1) is 0 Å². The third-order valence-corrected chi connectivity index (χ3v) is 16.3. The van der Waals surface area contributed by atoms with Gasteiger partial charge in [-0.2, -0.15) is 0 Å². The highest BCUT2D eigenvalue weighted by atomic mass is 35.5. The number of ether oxygens (including phenoxy) is 1. The maximum absolute atomic E-state index is 13.6. The van der Waals surface area contributed by atoms with E-state index in [4.69, 9.17) is 20.8 Å². The maximum Gasteiger partial charge on any atom is 0.224 e. The van der Waals surface area contributed by atoms with E-state index in [-0.39, 0.29) is 23.7 Å². The van der Waals surface area contributed by atoms with E-state index in [1.54, 1.807) is 0 Å². The second-order valence-corrected chi connectivity index (χ2v) is 18.7. The average molecular weight is 518 g/mol. The molecule has 33 heavy (non-hydrogen) atoms. The Kier molecular flexibility index (Phi) is 8.21. The van der Waals surface area contributed by atoms with E-state index in [1.165, 1.54) is 0 Å². The lowest BCUT2D eigenvalue weighted by atomic mass is 10.2. The summed E-state index contributed by atoms with van der Waals surface area (Å²) in [5, 5.41) is 0.0877. The smallest absolute Gasteiger partial charge is 0.224 e. The predicted octanol–water partition coefficient (Wildman–Crippen LogP) is 4.95. The van der Waals surface area contributed by atoms with Crippen molar-refractivity contribution in [3.8, 4) is 0 Å². The fourth-order valence-corrected chi connectivity index (χ4v) is 13.3. The first-order valence-electron chi connectivity index (χ1n) is 12.1. The molecule has 188 valence electrons. The third kappa shape index (κ3) is 5.12. The van der Waals surface area contributed by atoms with E-state index in [1.807, 2.05) is 6.07 Å². The van der Waals surface area contributed by atoms with Crippen LogP contribution >= 0.6 is 11.6 Å². The summed E-state index contributed by atoms with van der Waals surface area (Å²) in [6.07, 6.45) is 1.11. The number of anilines is 1. The lowest BCUT2D eigenvalue weighted by Gasteiger charge is -2.42. The zero-order chi connectivity index (χ0) is 24.6. The second kappa shape index (κ2) is 10.1. The molecule has 1 aromatic rings. The molecule has 10 heteroatoms. The first-order chi connectivity index (χ1) is 15.4. The van der Waals surface area contributed by atoms with Gasteiger partial charge in [0.05, 0.1) is 30.7 Å². The largest absolute Gasteiger partial charge is 0.415 e. The molecule has 1 aromatic heterocycles. The van der Waals surface area contributed by atoms with Crippen LogP contribution in [0.5, 0.6) is 0 Å². The highest BCUT2D eigenvalue weighted by Gasteiger charge is 2.57. The molecule has 0 aromatic carbocycles. The fourth-order valence-electron chi connectivity index (χ4n) is 5.72. The molecular weight excluding hydrogens is 478 g/mol. The molecule has 0 bridgehead atoms. The number of hydrogen-bond donors (Lipinski definition) is 0. The van der Waals surface area contributed by atoms with Crippen molar-refractivity contribution in [3.63, 3.8) is 0 Å². The normalized spacial score (nSPS) is 21.3. The van der Waals surface area contributed by atoms with Crippen LogP contribution < -0.4 is 4.90 Å². The van der Waals surface area contributed by atoms with Crippen LogP contribution in [0.1, 0.15) is 67.0 Å². The summed E-state index contributed by atoms with van der Waals surface area (Å²) in [7, 11) is -5.60. The molecule has 0 amide bonds. The van der Waals surface area contributed by atoms with Gasteiger partial charge < -0.3 is 14.1 Å². The van der Waals surface area contributed by atoms with Gasteiger partial charge in [-0.05, 0) is 48.0 Å². The number of halogens is 1. The lowest BCUT2D eigenvalue weighted by molar-refractivity contribution is 0.0985. The van der Waals surface area contributed by atoms with Gasteiger partial charge in [0.15, 0.2) is 18.2 Å². The summed E-state index contributed by atoms with van der Waals surface area (Å²) in [5.74, 6) is 0.670. The molecule has 2 heterocycles. The van der Waals surface area contributed by atoms with Crippen molar-refractivity contribution in [2.75, 3.05) is 37.0 Å². The summed E-state index contributed by atoms with van der Waals surface area (Å²) >= 11 is 6.28. The molecule has 2 fully saturated rings. The monoisotopic (exact) mass is 517 g/mol. The van der Waals surface area contributed by atoms with Gasteiger partial charge in [-0.25, -0.2) is 18.4 Å². The SMILES string of the molecule is CC(C)[Si](OCCS(=O)(=O)C1(c2cc(N3CCOC[C@@H]3C)nc(Cl)n2)CC1)(C(C)C)C(C)C. The standard InChI is InChI=1S/C23H40ClN3O4SSi/c1-16(2)33(17(3)4,18(5)6)31-12-13-32(28,29)23(8-9-23)20-14-21(26-22(24)25-20)27-10-11-30-15-19(27)7/h14,16-19H,8-13,15H2,1-7H3/t19-/m0/s1. The van der Waals surface area contributed by atoms with Gasteiger partial charge >= 0.3 is 0 Å². The first kappa shape index (κ1) is 26.9. The van der Waals surface area contributed by atoms with E-state index in [0.29, 0.717) is 60.7 Å². The highest BCUT2D eigenvalue weighted by Crippen LogP contribution is 2.53. The minimum Gasteiger partial charge on any atom is -0.415 e. The van der Waals surface area contributed by atoms with Crippen LogP contribution in [0, 0.1) is 0 Å². The second-order valence-electron chi connectivity index (χ2n) is 10.5. The van der Waals surface area contributed by atoms with Crippen molar-refractivity contribution in [2.45, 2.75) is 88.7 Å². The summed E-state index contributed by atoms with van der Waals surface area (Å²) in [6, 6.07) is 1.95. The van der Waals surface area contributed by atoms with Crippen LogP contribution in [0.25, 0.3) is 0 Å². The van der Waals surface area contributed by atoms with E-state index in [9.17, 15) is 8.42 Å². The highest BCUT2D eigenvalue weighted by molar-refractivity contribution is 7.92. The number of rotatable bonds is 10. The maximum atomic E-state index is 13.6. The molecule has 0 N–H and O–H groups in total. The Morgan fingerprint density at radius 1 is 1.18 bits per heavy atom. The number of hydrogen-bond acceptors (Lipinski definition) is 7.